The van der Waals surface area contributed by atoms with E-state index in [1.807, 2.05) is 30.3 Å². The van der Waals surface area contributed by atoms with Gasteiger partial charge in [-0.25, -0.2) is 4.79 Å². The molecule has 1 heterocycles. The first-order valence-corrected chi connectivity index (χ1v) is 6.73. The first kappa shape index (κ1) is 14.6. The second-order valence-corrected chi connectivity index (χ2v) is 4.98. The maximum Gasteiger partial charge on any atom is 0.354 e. The molecule has 2 rings (SSSR count). The summed E-state index contributed by atoms with van der Waals surface area (Å²) in [6.07, 6.45) is 0. The number of benzene rings is 1. The Balaban J connectivity index is 1.93. The molecule has 0 bridgehead atoms. The molecular weight excluding hydrogens is 276 g/mol. The summed E-state index contributed by atoms with van der Waals surface area (Å²) in [6, 6.07) is 11.5. The van der Waals surface area contributed by atoms with Crippen molar-refractivity contribution in [2.24, 2.45) is 0 Å². The van der Waals surface area contributed by atoms with Crippen molar-refractivity contribution in [1.29, 1.82) is 0 Å². The topological polar surface area (TPSA) is 54.1 Å². The number of rotatable bonds is 5. The van der Waals surface area contributed by atoms with Crippen LogP contribution in [0.15, 0.2) is 36.4 Å². The number of aromatic amines is 1. The van der Waals surface area contributed by atoms with Gasteiger partial charge in [-0.15, -0.1) is 0 Å². The molecule has 2 aromatic rings. The van der Waals surface area contributed by atoms with E-state index in [1.165, 1.54) is 7.11 Å². The van der Waals surface area contributed by atoms with Gasteiger partial charge < -0.3 is 15.0 Å². The molecule has 0 aliphatic heterocycles. The Morgan fingerprint density at radius 3 is 2.65 bits per heavy atom. The molecule has 0 radical (unpaired) electrons. The number of hydrogen-bond acceptors (Lipinski definition) is 3. The van der Waals surface area contributed by atoms with Gasteiger partial charge >= 0.3 is 5.97 Å². The Hall–Kier alpha value is -1.78. The molecule has 0 saturated heterocycles. The lowest BCUT2D eigenvalue weighted by Crippen LogP contribution is -2.18. The van der Waals surface area contributed by atoms with Gasteiger partial charge in [0.05, 0.1) is 7.11 Å². The average molecular weight is 293 g/mol. The fourth-order valence-corrected chi connectivity index (χ4v) is 2.03. The van der Waals surface area contributed by atoms with Gasteiger partial charge in [0.25, 0.3) is 0 Å². The number of halogens is 1. The lowest BCUT2D eigenvalue weighted by molar-refractivity contribution is 0.0594. The average Bonchev–Trinajstić information content (AvgIpc) is 2.93. The van der Waals surface area contributed by atoms with E-state index in [2.05, 4.69) is 22.0 Å². The van der Waals surface area contributed by atoms with Gasteiger partial charge in [-0.05, 0) is 36.8 Å². The molecule has 2 N–H and O–H groups in total. The maximum atomic E-state index is 11.3. The van der Waals surface area contributed by atoms with Crippen LogP contribution in [0.2, 0.25) is 5.02 Å². The van der Waals surface area contributed by atoms with E-state index in [1.54, 1.807) is 6.07 Å². The molecule has 1 aromatic heterocycles. The van der Waals surface area contributed by atoms with Crippen LogP contribution < -0.4 is 5.32 Å². The number of H-pyrrole nitrogens is 1. The summed E-state index contributed by atoms with van der Waals surface area (Å²) in [4.78, 5) is 14.4. The third-order valence-electron chi connectivity index (χ3n) is 3.12. The summed E-state index contributed by atoms with van der Waals surface area (Å²) in [5.74, 6) is -0.359. The smallest absolute Gasteiger partial charge is 0.354 e. The van der Waals surface area contributed by atoms with Gasteiger partial charge in [0.1, 0.15) is 5.69 Å². The summed E-state index contributed by atoms with van der Waals surface area (Å²) in [5, 5.41) is 4.11. The molecule has 0 unspecified atom stereocenters. The van der Waals surface area contributed by atoms with Crippen LogP contribution in [0.25, 0.3) is 0 Å². The summed E-state index contributed by atoms with van der Waals surface area (Å²) < 4.78 is 4.65. The zero-order valence-electron chi connectivity index (χ0n) is 11.4. The van der Waals surface area contributed by atoms with Crippen LogP contribution in [0.1, 0.15) is 34.7 Å². The number of ether oxygens (including phenoxy) is 1. The molecule has 1 atom stereocenters. The lowest BCUT2D eigenvalue weighted by Gasteiger charge is -2.13. The van der Waals surface area contributed by atoms with Crippen LogP contribution in [0.4, 0.5) is 0 Å². The highest BCUT2D eigenvalue weighted by Crippen LogP contribution is 2.16. The van der Waals surface area contributed by atoms with Gasteiger partial charge in [-0.3, -0.25) is 0 Å². The predicted octanol–water partition coefficient (Wildman–Crippen LogP) is 3.31. The monoisotopic (exact) mass is 292 g/mol. The summed E-state index contributed by atoms with van der Waals surface area (Å²) >= 11 is 5.87. The number of esters is 1. The number of carbonyl (C=O) groups excluding carboxylic acids is 1. The van der Waals surface area contributed by atoms with Gasteiger partial charge in [-0.2, -0.15) is 0 Å². The van der Waals surface area contributed by atoms with Gasteiger partial charge in [0.15, 0.2) is 0 Å². The highest BCUT2D eigenvalue weighted by molar-refractivity contribution is 6.30. The third kappa shape index (κ3) is 3.62. The minimum atomic E-state index is -0.359. The number of aromatic nitrogens is 1. The minimum absolute atomic E-state index is 0.192. The molecule has 0 spiro atoms. The van der Waals surface area contributed by atoms with E-state index in [0.29, 0.717) is 12.2 Å². The molecule has 20 heavy (non-hydrogen) atoms. The van der Waals surface area contributed by atoms with E-state index >= 15 is 0 Å². The fraction of sp³-hybridized carbons (Fsp3) is 0.267. The molecule has 0 fully saturated rings. The van der Waals surface area contributed by atoms with E-state index in [0.717, 1.165) is 16.3 Å². The fourth-order valence-electron chi connectivity index (χ4n) is 1.90. The largest absolute Gasteiger partial charge is 0.464 e. The van der Waals surface area contributed by atoms with Crippen molar-refractivity contribution in [3.63, 3.8) is 0 Å². The summed E-state index contributed by atoms with van der Waals surface area (Å²) in [5.41, 5.74) is 2.56. The van der Waals surface area contributed by atoms with E-state index in [9.17, 15) is 4.79 Å². The summed E-state index contributed by atoms with van der Waals surface area (Å²) in [6.45, 7) is 2.72. The second-order valence-electron chi connectivity index (χ2n) is 4.54. The minimum Gasteiger partial charge on any atom is -0.464 e. The van der Waals surface area contributed by atoms with Crippen LogP contribution in [0, 0.1) is 0 Å². The quantitative estimate of drug-likeness (QED) is 0.831. The Bertz CT molecular complexity index is 578. The lowest BCUT2D eigenvalue weighted by atomic mass is 10.1. The molecule has 0 aliphatic carbocycles. The number of hydrogen-bond donors (Lipinski definition) is 2. The molecule has 5 heteroatoms. The summed E-state index contributed by atoms with van der Waals surface area (Å²) in [7, 11) is 1.36. The number of carbonyl (C=O) groups is 1. The van der Waals surface area contributed by atoms with Crippen molar-refractivity contribution in [2.45, 2.75) is 19.5 Å². The predicted molar refractivity (Wildman–Crippen MR) is 78.8 cm³/mol. The molecule has 106 valence electrons. The number of methoxy groups -OCH3 is 1. The maximum absolute atomic E-state index is 11.3. The number of nitrogens with one attached hydrogen (secondary N) is 2. The van der Waals surface area contributed by atoms with Crippen molar-refractivity contribution in [1.82, 2.24) is 10.3 Å². The first-order chi connectivity index (χ1) is 9.60. The van der Waals surface area contributed by atoms with Crippen LogP contribution >= 0.6 is 11.6 Å². The normalized spacial score (nSPS) is 12.2. The SMILES string of the molecule is COC(=O)c1ccc(CN[C@@H](C)c2ccc(Cl)cc2)[nH]1. The van der Waals surface area contributed by atoms with E-state index in [-0.39, 0.29) is 12.0 Å². The van der Waals surface area contributed by atoms with Crippen molar-refractivity contribution < 1.29 is 9.53 Å². The standard InChI is InChI=1S/C15H17ClN2O2/c1-10(11-3-5-12(16)6-4-11)17-9-13-7-8-14(18-13)15(19)20-2/h3-8,10,17-18H,9H2,1-2H3/t10-/m0/s1. The highest BCUT2D eigenvalue weighted by atomic mass is 35.5. The van der Waals surface area contributed by atoms with Gasteiger partial charge in [0.2, 0.25) is 0 Å². The molecule has 0 aliphatic rings. The molecule has 1 aromatic carbocycles. The molecule has 4 nitrogen and oxygen atoms in total. The first-order valence-electron chi connectivity index (χ1n) is 6.35. The zero-order chi connectivity index (χ0) is 14.5. The Labute approximate surface area is 123 Å². The van der Waals surface area contributed by atoms with Crippen LogP contribution in [-0.2, 0) is 11.3 Å². The Morgan fingerprint density at radius 1 is 1.30 bits per heavy atom. The van der Waals surface area contributed by atoms with Gasteiger partial charge in [-0.1, -0.05) is 23.7 Å². The van der Waals surface area contributed by atoms with Crippen LogP contribution in [0.5, 0.6) is 0 Å². The van der Waals surface area contributed by atoms with Crippen LogP contribution in [0.3, 0.4) is 0 Å². The van der Waals surface area contributed by atoms with Crippen molar-refractivity contribution in [2.75, 3.05) is 7.11 Å². The third-order valence-corrected chi connectivity index (χ3v) is 3.37. The van der Waals surface area contributed by atoms with Crippen molar-refractivity contribution in [3.05, 3.63) is 58.4 Å². The van der Waals surface area contributed by atoms with E-state index in [4.69, 9.17) is 11.6 Å². The van der Waals surface area contributed by atoms with Crippen molar-refractivity contribution in [3.8, 4) is 0 Å². The van der Waals surface area contributed by atoms with Gasteiger partial charge in [0, 0.05) is 23.3 Å². The Kier molecular flexibility index (Phi) is 4.82. The van der Waals surface area contributed by atoms with Crippen molar-refractivity contribution >= 4 is 17.6 Å². The van der Waals surface area contributed by atoms with E-state index < -0.39 is 0 Å². The molecular formula is C15H17ClN2O2. The Morgan fingerprint density at radius 2 is 2.00 bits per heavy atom. The zero-order valence-corrected chi connectivity index (χ0v) is 12.2. The molecule has 0 saturated carbocycles. The highest BCUT2D eigenvalue weighted by Gasteiger charge is 2.09. The van der Waals surface area contributed by atoms with Crippen LogP contribution in [-0.4, -0.2) is 18.1 Å². The second kappa shape index (κ2) is 6.59. The molecule has 0 amide bonds.